The van der Waals surface area contributed by atoms with E-state index in [-0.39, 0.29) is 12.4 Å². The summed E-state index contributed by atoms with van der Waals surface area (Å²) in [5, 5.41) is 0. The zero-order valence-corrected chi connectivity index (χ0v) is 15.6. The summed E-state index contributed by atoms with van der Waals surface area (Å²) < 4.78 is 21.3. The second kappa shape index (κ2) is 11.0. The smallest absolute Gasteiger partial charge is 0.349 e. The maximum Gasteiger partial charge on any atom is 0.349 e. The van der Waals surface area contributed by atoms with Gasteiger partial charge in [-0.05, 0) is 55.5 Å². The van der Waals surface area contributed by atoms with Gasteiger partial charge in [0.25, 0.3) is 0 Å². The fraction of sp³-hybridized carbons (Fsp3) is 0.333. The highest BCUT2D eigenvalue weighted by Crippen LogP contribution is 2.18. The molecule has 2 aromatic carbocycles. The predicted molar refractivity (Wildman–Crippen MR) is 101 cm³/mol. The quantitative estimate of drug-likeness (QED) is 0.259. The molecule has 0 N–H and O–H groups in total. The van der Waals surface area contributed by atoms with Crippen molar-refractivity contribution in [2.75, 3.05) is 26.4 Å². The van der Waals surface area contributed by atoms with Crippen molar-refractivity contribution in [1.82, 2.24) is 0 Å². The van der Waals surface area contributed by atoms with Crippen molar-refractivity contribution in [1.29, 1.82) is 0 Å². The van der Waals surface area contributed by atoms with Crippen LogP contribution in [0.15, 0.2) is 48.5 Å². The average Bonchev–Trinajstić information content (AvgIpc) is 2.70. The van der Waals surface area contributed by atoms with Gasteiger partial charge in [0.05, 0.1) is 6.61 Å². The van der Waals surface area contributed by atoms with E-state index in [0.29, 0.717) is 49.1 Å². The third-order valence-electron chi connectivity index (χ3n) is 3.61. The van der Waals surface area contributed by atoms with Gasteiger partial charge in [0, 0.05) is 18.6 Å². The third kappa shape index (κ3) is 7.11. The molecule has 0 aromatic heterocycles. The summed E-state index contributed by atoms with van der Waals surface area (Å²) in [6.07, 6.45) is 0.434. The van der Waals surface area contributed by atoms with Crippen LogP contribution < -0.4 is 14.2 Å². The number of ketones is 1. The van der Waals surface area contributed by atoms with Gasteiger partial charge < -0.3 is 18.9 Å². The fourth-order valence-electron chi connectivity index (χ4n) is 2.21. The monoisotopic (exact) mass is 372 g/mol. The van der Waals surface area contributed by atoms with E-state index in [1.165, 1.54) is 0 Å². The van der Waals surface area contributed by atoms with Crippen LogP contribution in [0.5, 0.6) is 17.2 Å². The van der Waals surface area contributed by atoms with Crippen molar-refractivity contribution in [3.63, 3.8) is 0 Å². The Hall–Kier alpha value is -2.86. The van der Waals surface area contributed by atoms with Crippen molar-refractivity contribution >= 4 is 11.8 Å². The first-order chi connectivity index (χ1) is 13.1. The van der Waals surface area contributed by atoms with Crippen LogP contribution in [0.1, 0.15) is 30.6 Å². The number of carbonyl (C=O) groups excluding carboxylic acids is 2. The molecule has 0 fully saturated rings. The van der Waals surface area contributed by atoms with Gasteiger partial charge in [-0.1, -0.05) is 6.92 Å². The van der Waals surface area contributed by atoms with Crippen molar-refractivity contribution in [2.24, 2.45) is 0 Å². The van der Waals surface area contributed by atoms with Crippen LogP contribution in [-0.2, 0) is 9.53 Å². The third-order valence-corrected chi connectivity index (χ3v) is 3.61. The number of carbonyl (C=O) groups is 2. The Labute approximate surface area is 159 Å². The highest BCUT2D eigenvalue weighted by atomic mass is 16.6. The Bertz CT molecular complexity index is 721. The lowest BCUT2D eigenvalue weighted by Crippen LogP contribution is -2.17. The molecule has 0 saturated carbocycles. The van der Waals surface area contributed by atoms with E-state index in [2.05, 4.69) is 0 Å². The summed E-state index contributed by atoms with van der Waals surface area (Å²) >= 11 is 0. The number of benzene rings is 2. The molecular formula is C21H24O6. The molecule has 0 aliphatic heterocycles. The lowest BCUT2D eigenvalue weighted by Gasteiger charge is -2.09. The maximum atomic E-state index is 11.9. The van der Waals surface area contributed by atoms with E-state index in [1.807, 2.05) is 6.92 Å². The molecule has 2 aromatic rings. The summed E-state index contributed by atoms with van der Waals surface area (Å²) in [5.41, 5.74) is 0.595. The predicted octanol–water partition coefficient (Wildman–Crippen LogP) is 3.68. The minimum absolute atomic E-state index is 0.0431. The molecule has 6 nitrogen and oxygen atoms in total. The van der Waals surface area contributed by atoms with Crippen LogP contribution in [0.3, 0.4) is 0 Å². The SMILES string of the molecule is CCOCCOc1ccc(OCC(=O)Oc2ccc(C(=O)CC)cc2)cc1. The molecule has 0 spiro atoms. The van der Waals surface area contributed by atoms with Crippen LogP contribution in [0.25, 0.3) is 0 Å². The van der Waals surface area contributed by atoms with E-state index in [4.69, 9.17) is 18.9 Å². The Balaban J connectivity index is 1.75. The Morgan fingerprint density at radius 1 is 0.778 bits per heavy atom. The lowest BCUT2D eigenvalue weighted by molar-refractivity contribution is -0.136. The Morgan fingerprint density at radius 2 is 1.37 bits per heavy atom. The zero-order chi connectivity index (χ0) is 19.5. The maximum absolute atomic E-state index is 11.9. The van der Waals surface area contributed by atoms with Crippen LogP contribution >= 0.6 is 0 Å². The molecule has 0 unspecified atom stereocenters. The van der Waals surface area contributed by atoms with Gasteiger partial charge >= 0.3 is 5.97 Å². The molecule has 0 atom stereocenters. The fourth-order valence-corrected chi connectivity index (χ4v) is 2.21. The lowest BCUT2D eigenvalue weighted by atomic mass is 10.1. The van der Waals surface area contributed by atoms with Crippen molar-refractivity contribution in [3.8, 4) is 17.2 Å². The topological polar surface area (TPSA) is 71.1 Å². The van der Waals surface area contributed by atoms with Gasteiger partial charge in [-0.15, -0.1) is 0 Å². The summed E-state index contributed by atoms with van der Waals surface area (Å²) in [4.78, 5) is 23.5. The van der Waals surface area contributed by atoms with E-state index in [0.717, 1.165) is 0 Å². The Kier molecular flexibility index (Phi) is 8.32. The van der Waals surface area contributed by atoms with Crippen LogP contribution in [0.4, 0.5) is 0 Å². The summed E-state index contributed by atoms with van der Waals surface area (Å²) in [7, 11) is 0. The summed E-state index contributed by atoms with van der Waals surface area (Å²) in [6.45, 7) is 5.18. The first-order valence-corrected chi connectivity index (χ1v) is 8.89. The van der Waals surface area contributed by atoms with E-state index in [1.54, 1.807) is 55.5 Å². The molecule has 0 bridgehead atoms. The molecule has 0 amide bonds. The van der Waals surface area contributed by atoms with Gasteiger partial charge in [0.1, 0.15) is 23.9 Å². The van der Waals surface area contributed by atoms with E-state index >= 15 is 0 Å². The van der Waals surface area contributed by atoms with Gasteiger partial charge in [-0.2, -0.15) is 0 Å². The number of rotatable bonds is 11. The summed E-state index contributed by atoms with van der Waals surface area (Å²) in [6, 6.07) is 13.4. The molecule has 27 heavy (non-hydrogen) atoms. The van der Waals surface area contributed by atoms with Crippen molar-refractivity contribution < 1.29 is 28.5 Å². The minimum Gasteiger partial charge on any atom is -0.491 e. The number of Topliss-reactive ketones (excluding diaryl/α,β-unsaturated/α-hetero) is 1. The number of esters is 1. The molecule has 0 aliphatic carbocycles. The first-order valence-electron chi connectivity index (χ1n) is 8.89. The largest absolute Gasteiger partial charge is 0.491 e. The van der Waals surface area contributed by atoms with E-state index < -0.39 is 5.97 Å². The molecule has 144 valence electrons. The zero-order valence-electron chi connectivity index (χ0n) is 15.6. The van der Waals surface area contributed by atoms with Crippen LogP contribution in [-0.4, -0.2) is 38.2 Å². The van der Waals surface area contributed by atoms with Gasteiger partial charge in [0.2, 0.25) is 0 Å². The number of hydrogen-bond donors (Lipinski definition) is 0. The number of ether oxygens (including phenoxy) is 4. The van der Waals surface area contributed by atoms with Gasteiger partial charge in [-0.3, -0.25) is 4.79 Å². The molecule has 0 heterocycles. The molecule has 6 heteroatoms. The second-order valence-corrected chi connectivity index (χ2v) is 5.58. The molecule has 0 saturated heterocycles. The standard InChI is InChI=1S/C21H24O6/c1-3-20(22)16-5-7-19(8-6-16)27-21(23)15-26-18-11-9-17(10-12-18)25-14-13-24-4-2/h5-12H,3-4,13-15H2,1-2H3. The highest BCUT2D eigenvalue weighted by molar-refractivity contribution is 5.95. The normalized spacial score (nSPS) is 10.3. The van der Waals surface area contributed by atoms with E-state index in [9.17, 15) is 9.59 Å². The van der Waals surface area contributed by atoms with Crippen LogP contribution in [0, 0.1) is 0 Å². The minimum atomic E-state index is -0.526. The number of hydrogen-bond acceptors (Lipinski definition) is 6. The van der Waals surface area contributed by atoms with Crippen molar-refractivity contribution in [2.45, 2.75) is 20.3 Å². The summed E-state index contributed by atoms with van der Waals surface area (Å²) in [5.74, 6) is 1.12. The highest BCUT2D eigenvalue weighted by Gasteiger charge is 2.08. The van der Waals surface area contributed by atoms with Gasteiger partial charge in [0.15, 0.2) is 12.4 Å². The molecule has 0 aliphatic rings. The van der Waals surface area contributed by atoms with Crippen LogP contribution in [0.2, 0.25) is 0 Å². The second-order valence-electron chi connectivity index (χ2n) is 5.58. The van der Waals surface area contributed by atoms with Crippen molar-refractivity contribution in [3.05, 3.63) is 54.1 Å². The van der Waals surface area contributed by atoms with Gasteiger partial charge in [-0.25, -0.2) is 4.79 Å². The molecule has 2 rings (SSSR count). The molecular weight excluding hydrogens is 348 g/mol. The molecule has 0 radical (unpaired) electrons. The average molecular weight is 372 g/mol. The first kappa shape index (κ1) is 20.5. The Morgan fingerprint density at radius 3 is 1.96 bits per heavy atom.